The number of rotatable bonds is 5. The lowest BCUT2D eigenvalue weighted by Crippen LogP contribution is -2.38. The molecule has 20 heavy (non-hydrogen) atoms. The summed E-state index contributed by atoms with van der Waals surface area (Å²) in [4.78, 5) is 14.1. The standard InChI is InChI=1S/C15H21BrN2O2/c1-18(13-7-8-17-10-13)15(19)6-3-11-9-12(16)4-5-14(11)20-2/h4-5,9,13,17H,3,6-8,10H2,1-2H3. The molecule has 0 aromatic heterocycles. The van der Waals surface area contributed by atoms with Crippen molar-refractivity contribution in [3.05, 3.63) is 28.2 Å². The number of hydrogen-bond donors (Lipinski definition) is 1. The molecule has 1 fully saturated rings. The van der Waals surface area contributed by atoms with Gasteiger partial charge in [0.2, 0.25) is 5.91 Å². The molecule has 1 N–H and O–H groups in total. The summed E-state index contributed by atoms with van der Waals surface area (Å²) in [6.45, 7) is 1.91. The Morgan fingerprint density at radius 2 is 2.35 bits per heavy atom. The van der Waals surface area contributed by atoms with Crippen LogP contribution in [-0.4, -0.2) is 44.1 Å². The highest BCUT2D eigenvalue weighted by molar-refractivity contribution is 9.10. The van der Waals surface area contributed by atoms with E-state index in [1.807, 2.05) is 30.1 Å². The lowest BCUT2D eigenvalue weighted by molar-refractivity contribution is -0.131. The van der Waals surface area contributed by atoms with Crippen molar-refractivity contribution in [2.75, 3.05) is 27.2 Å². The second kappa shape index (κ2) is 7.09. The topological polar surface area (TPSA) is 41.6 Å². The molecule has 1 atom stereocenters. The average Bonchev–Trinajstić information content (AvgIpc) is 2.98. The van der Waals surface area contributed by atoms with Gasteiger partial charge in [-0.25, -0.2) is 0 Å². The van der Waals surface area contributed by atoms with Crippen LogP contribution >= 0.6 is 15.9 Å². The minimum Gasteiger partial charge on any atom is -0.496 e. The van der Waals surface area contributed by atoms with Crippen molar-refractivity contribution in [3.63, 3.8) is 0 Å². The highest BCUT2D eigenvalue weighted by Crippen LogP contribution is 2.24. The maximum Gasteiger partial charge on any atom is 0.222 e. The van der Waals surface area contributed by atoms with E-state index >= 15 is 0 Å². The number of carbonyl (C=O) groups excluding carboxylic acids is 1. The van der Waals surface area contributed by atoms with Crippen LogP contribution < -0.4 is 10.1 Å². The Hall–Kier alpha value is -1.07. The summed E-state index contributed by atoms with van der Waals surface area (Å²) in [6.07, 6.45) is 2.26. The van der Waals surface area contributed by atoms with Crippen molar-refractivity contribution in [1.82, 2.24) is 10.2 Å². The molecule has 0 spiro atoms. The van der Waals surface area contributed by atoms with Crippen molar-refractivity contribution in [2.24, 2.45) is 0 Å². The van der Waals surface area contributed by atoms with Gasteiger partial charge in [0, 0.05) is 30.5 Å². The van der Waals surface area contributed by atoms with Crippen LogP contribution in [0.4, 0.5) is 0 Å². The maximum atomic E-state index is 12.2. The van der Waals surface area contributed by atoms with E-state index in [9.17, 15) is 4.79 Å². The van der Waals surface area contributed by atoms with Crippen molar-refractivity contribution in [2.45, 2.75) is 25.3 Å². The third-order valence-corrected chi connectivity index (χ3v) is 4.32. The molecule has 0 radical (unpaired) electrons. The number of likely N-dealkylation sites (N-methyl/N-ethyl adjacent to an activating group) is 1. The molecule has 5 heteroatoms. The maximum absolute atomic E-state index is 12.2. The Kier molecular flexibility index (Phi) is 5.43. The predicted octanol–water partition coefficient (Wildman–Crippen LogP) is 2.21. The van der Waals surface area contributed by atoms with Crippen LogP contribution in [0.1, 0.15) is 18.4 Å². The summed E-state index contributed by atoms with van der Waals surface area (Å²) in [6, 6.07) is 6.23. The number of aryl methyl sites for hydroxylation is 1. The number of nitrogens with zero attached hydrogens (tertiary/aromatic N) is 1. The molecule has 0 aliphatic carbocycles. The molecule has 1 aromatic carbocycles. The van der Waals surface area contributed by atoms with Gasteiger partial charge in [-0.2, -0.15) is 0 Å². The smallest absolute Gasteiger partial charge is 0.222 e. The number of nitrogens with one attached hydrogen (secondary N) is 1. The van der Waals surface area contributed by atoms with E-state index in [2.05, 4.69) is 21.2 Å². The molecule has 1 aliphatic heterocycles. The Bertz CT molecular complexity index is 473. The Balaban J connectivity index is 1.94. The van der Waals surface area contributed by atoms with Gasteiger partial charge in [0.1, 0.15) is 5.75 Å². The molecule has 1 unspecified atom stereocenters. The second-order valence-electron chi connectivity index (χ2n) is 5.11. The van der Waals surface area contributed by atoms with E-state index in [4.69, 9.17) is 4.74 Å². The SMILES string of the molecule is COc1ccc(Br)cc1CCC(=O)N(C)C1CCNC1. The molecule has 1 heterocycles. The van der Waals surface area contributed by atoms with E-state index in [1.54, 1.807) is 7.11 Å². The van der Waals surface area contributed by atoms with Crippen molar-refractivity contribution < 1.29 is 9.53 Å². The molecule has 1 amide bonds. The lowest BCUT2D eigenvalue weighted by Gasteiger charge is -2.24. The van der Waals surface area contributed by atoms with Gasteiger partial charge in [0.15, 0.2) is 0 Å². The fraction of sp³-hybridized carbons (Fsp3) is 0.533. The van der Waals surface area contributed by atoms with Gasteiger partial charge in [-0.05, 0) is 43.1 Å². The molecule has 0 bridgehead atoms. The number of hydrogen-bond acceptors (Lipinski definition) is 3. The van der Waals surface area contributed by atoms with Crippen LogP contribution in [0, 0.1) is 0 Å². The fourth-order valence-electron chi connectivity index (χ4n) is 2.53. The first kappa shape index (κ1) is 15.3. The van der Waals surface area contributed by atoms with Gasteiger partial charge in [-0.3, -0.25) is 4.79 Å². The predicted molar refractivity (Wildman–Crippen MR) is 83.1 cm³/mol. The van der Waals surface area contributed by atoms with Crippen LogP contribution in [0.3, 0.4) is 0 Å². The van der Waals surface area contributed by atoms with Crippen LogP contribution in [0.2, 0.25) is 0 Å². The van der Waals surface area contributed by atoms with Crippen LogP contribution in [0.15, 0.2) is 22.7 Å². The minimum absolute atomic E-state index is 0.195. The molecule has 2 rings (SSSR count). The monoisotopic (exact) mass is 340 g/mol. The van der Waals surface area contributed by atoms with Gasteiger partial charge in [-0.15, -0.1) is 0 Å². The van der Waals surface area contributed by atoms with E-state index in [1.165, 1.54) is 0 Å². The van der Waals surface area contributed by atoms with Gasteiger partial charge < -0.3 is 15.0 Å². The zero-order valence-electron chi connectivity index (χ0n) is 12.0. The molecule has 110 valence electrons. The number of carbonyl (C=O) groups is 1. The average molecular weight is 341 g/mol. The minimum atomic E-state index is 0.195. The summed E-state index contributed by atoms with van der Waals surface area (Å²) in [5, 5.41) is 3.29. The van der Waals surface area contributed by atoms with Gasteiger partial charge in [0.25, 0.3) is 0 Å². The normalized spacial score (nSPS) is 18.1. The number of benzene rings is 1. The molecule has 1 saturated heterocycles. The lowest BCUT2D eigenvalue weighted by atomic mass is 10.1. The number of methoxy groups -OCH3 is 1. The third kappa shape index (κ3) is 3.73. The van der Waals surface area contributed by atoms with E-state index in [0.717, 1.165) is 35.3 Å². The number of halogens is 1. The zero-order chi connectivity index (χ0) is 14.5. The number of amides is 1. The van der Waals surface area contributed by atoms with Crippen LogP contribution in [0.25, 0.3) is 0 Å². The first-order valence-corrected chi connectivity index (χ1v) is 7.70. The Morgan fingerprint density at radius 3 is 3.00 bits per heavy atom. The largest absolute Gasteiger partial charge is 0.496 e. The highest BCUT2D eigenvalue weighted by atomic mass is 79.9. The quantitative estimate of drug-likeness (QED) is 0.893. The Morgan fingerprint density at radius 1 is 1.55 bits per heavy atom. The molecular weight excluding hydrogens is 320 g/mol. The first-order chi connectivity index (χ1) is 9.61. The second-order valence-corrected chi connectivity index (χ2v) is 6.02. The van der Waals surface area contributed by atoms with Crippen molar-refractivity contribution in [1.29, 1.82) is 0 Å². The summed E-state index contributed by atoms with van der Waals surface area (Å²) in [5.74, 6) is 1.03. The van der Waals surface area contributed by atoms with E-state index in [0.29, 0.717) is 18.9 Å². The van der Waals surface area contributed by atoms with E-state index in [-0.39, 0.29) is 5.91 Å². The first-order valence-electron chi connectivity index (χ1n) is 6.90. The third-order valence-electron chi connectivity index (χ3n) is 3.83. The summed E-state index contributed by atoms with van der Waals surface area (Å²) in [7, 11) is 3.56. The highest BCUT2D eigenvalue weighted by Gasteiger charge is 2.22. The summed E-state index contributed by atoms with van der Waals surface area (Å²) in [5.41, 5.74) is 1.06. The molecule has 1 aliphatic rings. The molecular formula is C15H21BrN2O2. The Labute approximate surface area is 128 Å². The zero-order valence-corrected chi connectivity index (χ0v) is 13.6. The van der Waals surface area contributed by atoms with E-state index < -0.39 is 0 Å². The van der Waals surface area contributed by atoms with Crippen molar-refractivity contribution in [3.8, 4) is 5.75 Å². The van der Waals surface area contributed by atoms with Crippen LogP contribution in [0.5, 0.6) is 5.75 Å². The van der Waals surface area contributed by atoms with Gasteiger partial charge >= 0.3 is 0 Å². The summed E-state index contributed by atoms with van der Waals surface area (Å²) < 4.78 is 6.35. The van der Waals surface area contributed by atoms with Crippen LogP contribution in [-0.2, 0) is 11.2 Å². The van der Waals surface area contributed by atoms with Gasteiger partial charge in [-0.1, -0.05) is 15.9 Å². The van der Waals surface area contributed by atoms with Crippen molar-refractivity contribution >= 4 is 21.8 Å². The summed E-state index contributed by atoms with van der Waals surface area (Å²) >= 11 is 3.46. The molecule has 0 saturated carbocycles. The van der Waals surface area contributed by atoms with Gasteiger partial charge in [0.05, 0.1) is 7.11 Å². The molecule has 4 nitrogen and oxygen atoms in total. The fourth-order valence-corrected chi connectivity index (χ4v) is 2.94. The molecule has 1 aromatic rings. The number of ether oxygens (including phenoxy) is 1.